The van der Waals surface area contributed by atoms with Crippen LogP contribution in [0.2, 0.25) is 0 Å². The van der Waals surface area contributed by atoms with Crippen LogP contribution in [0.15, 0.2) is 6.07 Å². The van der Waals surface area contributed by atoms with Gasteiger partial charge in [-0.05, 0) is 13.8 Å². The van der Waals surface area contributed by atoms with Gasteiger partial charge in [-0.1, -0.05) is 0 Å². The largest absolute Gasteiger partial charge is 0.493 e. The molecule has 82 valence electrons. The van der Waals surface area contributed by atoms with E-state index >= 15 is 0 Å². The first kappa shape index (κ1) is 11.3. The van der Waals surface area contributed by atoms with Gasteiger partial charge in [-0.25, -0.2) is 0 Å². The zero-order chi connectivity index (χ0) is 11.6. The number of nitro groups is 1. The molecule has 0 amide bonds. The SMILES string of the molecule is COc1cc([N+](=O)[O-])c(C)c(C)c1OC. The molecule has 5 heteroatoms. The van der Waals surface area contributed by atoms with Crippen LogP contribution in [0.5, 0.6) is 11.5 Å². The van der Waals surface area contributed by atoms with Crippen LogP contribution < -0.4 is 9.47 Å². The van der Waals surface area contributed by atoms with Crippen molar-refractivity contribution in [1.29, 1.82) is 0 Å². The third kappa shape index (κ3) is 1.86. The van der Waals surface area contributed by atoms with Crippen LogP contribution in [0, 0.1) is 24.0 Å². The second-order valence-electron chi connectivity index (χ2n) is 3.14. The van der Waals surface area contributed by atoms with E-state index in [0.29, 0.717) is 17.1 Å². The van der Waals surface area contributed by atoms with Gasteiger partial charge in [0, 0.05) is 11.1 Å². The second-order valence-corrected chi connectivity index (χ2v) is 3.14. The lowest BCUT2D eigenvalue weighted by Crippen LogP contribution is -1.99. The molecular formula is C10H13NO4. The summed E-state index contributed by atoms with van der Waals surface area (Å²) < 4.78 is 10.2. The Morgan fingerprint density at radius 3 is 2.20 bits per heavy atom. The van der Waals surface area contributed by atoms with E-state index in [-0.39, 0.29) is 5.69 Å². The van der Waals surface area contributed by atoms with Crippen molar-refractivity contribution < 1.29 is 14.4 Å². The summed E-state index contributed by atoms with van der Waals surface area (Å²) >= 11 is 0. The molecule has 0 radical (unpaired) electrons. The Morgan fingerprint density at radius 2 is 1.80 bits per heavy atom. The first-order chi connectivity index (χ1) is 7.02. The number of rotatable bonds is 3. The van der Waals surface area contributed by atoms with E-state index in [1.807, 2.05) is 0 Å². The molecule has 0 atom stereocenters. The van der Waals surface area contributed by atoms with Gasteiger partial charge in [0.1, 0.15) is 0 Å². The van der Waals surface area contributed by atoms with E-state index in [1.54, 1.807) is 13.8 Å². The molecule has 0 aliphatic carbocycles. The first-order valence-corrected chi connectivity index (χ1v) is 4.39. The van der Waals surface area contributed by atoms with Crippen molar-refractivity contribution in [2.24, 2.45) is 0 Å². The van der Waals surface area contributed by atoms with Gasteiger partial charge >= 0.3 is 0 Å². The van der Waals surface area contributed by atoms with Crippen LogP contribution in [0.3, 0.4) is 0 Å². The number of hydrogen-bond acceptors (Lipinski definition) is 4. The number of benzene rings is 1. The molecular weight excluding hydrogens is 198 g/mol. The number of nitrogens with zero attached hydrogens (tertiary/aromatic N) is 1. The van der Waals surface area contributed by atoms with E-state index in [0.717, 1.165) is 5.56 Å². The van der Waals surface area contributed by atoms with Crippen molar-refractivity contribution >= 4 is 5.69 Å². The zero-order valence-corrected chi connectivity index (χ0v) is 9.16. The van der Waals surface area contributed by atoms with Crippen LogP contribution in [0.25, 0.3) is 0 Å². The lowest BCUT2D eigenvalue weighted by molar-refractivity contribution is -0.385. The average Bonchev–Trinajstić information content (AvgIpc) is 2.21. The summed E-state index contributed by atoms with van der Waals surface area (Å²) in [6, 6.07) is 1.38. The maximum atomic E-state index is 10.8. The Kier molecular flexibility index (Phi) is 3.14. The molecule has 0 N–H and O–H groups in total. The maximum absolute atomic E-state index is 10.8. The van der Waals surface area contributed by atoms with Crippen LogP contribution in [0.4, 0.5) is 5.69 Å². The van der Waals surface area contributed by atoms with Crippen molar-refractivity contribution in [3.63, 3.8) is 0 Å². The standard InChI is InChI=1S/C10H13NO4/c1-6-7(2)10(15-4)9(14-3)5-8(6)11(12)13/h5H,1-4H3. The topological polar surface area (TPSA) is 61.6 Å². The monoisotopic (exact) mass is 211 g/mol. The van der Waals surface area contributed by atoms with E-state index in [9.17, 15) is 10.1 Å². The van der Waals surface area contributed by atoms with Gasteiger partial charge in [0.2, 0.25) is 0 Å². The molecule has 0 aliphatic heterocycles. The molecule has 0 bridgehead atoms. The fourth-order valence-electron chi connectivity index (χ4n) is 1.44. The molecule has 15 heavy (non-hydrogen) atoms. The summed E-state index contributed by atoms with van der Waals surface area (Å²) in [6.45, 7) is 3.46. The fourth-order valence-corrected chi connectivity index (χ4v) is 1.44. The highest BCUT2D eigenvalue weighted by atomic mass is 16.6. The summed E-state index contributed by atoms with van der Waals surface area (Å²) in [5.74, 6) is 0.924. The molecule has 1 aromatic rings. The highest BCUT2D eigenvalue weighted by Crippen LogP contribution is 2.38. The Bertz CT molecular complexity index is 401. The predicted octanol–water partition coefficient (Wildman–Crippen LogP) is 2.23. The second kappa shape index (κ2) is 4.16. The molecule has 0 saturated carbocycles. The Labute approximate surface area is 87.8 Å². The predicted molar refractivity (Wildman–Crippen MR) is 55.7 cm³/mol. The fraction of sp³-hybridized carbons (Fsp3) is 0.400. The minimum Gasteiger partial charge on any atom is -0.493 e. The summed E-state index contributed by atoms with van der Waals surface area (Å²) in [5, 5.41) is 10.8. The molecule has 0 fully saturated rings. The third-order valence-corrected chi connectivity index (χ3v) is 2.40. The van der Waals surface area contributed by atoms with E-state index in [2.05, 4.69) is 0 Å². The molecule has 5 nitrogen and oxygen atoms in total. The average molecular weight is 211 g/mol. The normalized spacial score (nSPS) is 9.87. The van der Waals surface area contributed by atoms with Crippen molar-refractivity contribution in [3.8, 4) is 11.5 Å². The van der Waals surface area contributed by atoms with Gasteiger partial charge in [-0.2, -0.15) is 0 Å². The smallest absolute Gasteiger partial charge is 0.276 e. The number of nitro benzene ring substituents is 1. The summed E-state index contributed by atoms with van der Waals surface area (Å²) in [6.07, 6.45) is 0. The first-order valence-electron chi connectivity index (χ1n) is 4.39. The van der Waals surface area contributed by atoms with Crippen molar-refractivity contribution in [3.05, 3.63) is 27.3 Å². The van der Waals surface area contributed by atoms with E-state index in [1.165, 1.54) is 20.3 Å². The quantitative estimate of drug-likeness (QED) is 0.568. The molecule has 0 aliphatic rings. The summed E-state index contributed by atoms with van der Waals surface area (Å²) in [7, 11) is 2.96. The van der Waals surface area contributed by atoms with Gasteiger partial charge in [0.15, 0.2) is 11.5 Å². The third-order valence-electron chi connectivity index (χ3n) is 2.40. The summed E-state index contributed by atoms with van der Waals surface area (Å²) in [4.78, 5) is 10.3. The lowest BCUT2D eigenvalue weighted by Gasteiger charge is -2.12. The maximum Gasteiger partial charge on any atom is 0.276 e. The van der Waals surface area contributed by atoms with Gasteiger partial charge in [-0.15, -0.1) is 0 Å². The zero-order valence-electron chi connectivity index (χ0n) is 9.16. The molecule has 1 aromatic carbocycles. The van der Waals surface area contributed by atoms with Crippen LogP contribution in [-0.2, 0) is 0 Å². The Morgan fingerprint density at radius 1 is 1.20 bits per heavy atom. The molecule has 0 aromatic heterocycles. The van der Waals surface area contributed by atoms with Crippen molar-refractivity contribution in [2.75, 3.05) is 14.2 Å². The van der Waals surface area contributed by atoms with E-state index < -0.39 is 4.92 Å². The van der Waals surface area contributed by atoms with E-state index in [4.69, 9.17) is 9.47 Å². The highest BCUT2D eigenvalue weighted by molar-refractivity contribution is 5.59. The van der Waals surface area contributed by atoms with Gasteiger partial charge < -0.3 is 9.47 Å². The summed E-state index contributed by atoms with van der Waals surface area (Å²) in [5.41, 5.74) is 1.37. The van der Waals surface area contributed by atoms with Crippen LogP contribution in [0.1, 0.15) is 11.1 Å². The number of hydrogen-bond donors (Lipinski definition) is 0. The van der Waals surface area contributed by atoms with Gasteiger partial charge in [0.05, 0.1) is 25.2 Å². The Hall–Kier alpha value is -1.78. The minimum atomic E-state index is -0.426. The van der Waals surface area contributed by atoms with Crippen molar-refractivity contribution in [1.82, 2.24) is 0 Å². The minimum absolute atomic E-state index is 0.0464. The van der Waals surface area contributed by atoms with Crippen LogP contribution >= 0.6 is 0 Å². The molecule has 0 spiro atoms. The number of methoxy groups -OCH3 is 2. The Balaban J connectivity index is 3.49. The lowest BCUT2D eigenvalue weighted by atomic mass is 10.1. The van der Waals surface area contributed by atoms with Gasteiger partial charge in [0.25, 0.3) is 5.69 Å². The van der Waals surface area contributed by atoms with Crippen molar-refractivity contribution in [2.45, 2.75) is 13.8 Å². The highest BCUT2D eigenvalue weighted by Gasteiger charge is 2.20. The van der Waals surface area contributed by atoms with Crippen LogP contribution in [-0.4, -0.2) is 19.1 Å². The number of ether oxygens (including phenoxy) is 2. The molecule has 1 rings (SSSR count). The van der Waals surface area contributed by atoms with Gasteiger partial charge in [-0.3, -0.25) is 10.1 Å². The molecule has 0 heterocycles. The molecule has 0 saturated heterocycles. The molecule has 0 unspecified atom stereocenters.